The van der Waals surface area contributed by atoms with E-state index in [1.165, 1.54) is 7.11 Å². The molecule has 9 nitrogen and oxygen atoms in total. The SMILES string of the molecule is COC[C@@]12CC[C@H](OC)[C@@]34[C@@H]5C[C@]6(O)[C@H](O)[C@@H]5[C@@](O)([C@@H]([C@H](OC)[C@H]13)[C@H]4N(C)C2)[C@@H](O)[C@@H]6OC. The Kier molecular flexibility index (Phi) is 4.82. The van der Waals surface area contributed by atoms with Crippen molar-refractivity contribution in [3.8, 4) is 0 Å². The van der Waals surface area contributed by atoms with Crippen LogP contribution in [0.25, 0.3) is 0 Å². The van der Waals surface area contributed by atoms with E-state index in [-0.39, 0.29) is 41.9 Å². The van der Waals surface area contributed by atoms with Crippen LogP contribution in [0.1, 0.15) is 19.3 Å². The molecule has 0 aromatic rings. The van der Waals surface area contributed by atoms with E-state index in [0.29, 0.717) is 6.61 Å². The zero-order valence-electron chi connectivity index (χ0n) is 20.2. The van der Waals surface area contributed by atoms with E-state index in [9.17, 15) is 20.4 Å². The lowest BCUT2D eigenvalue weighted by Crippen LogP contribution is -2.79. The summed E-state index contributed by atoms with van der Waals surface area (Å²) in [5.74, 6) is -1.44. The predicted octanol–water partition coefficient (Wildman–Crippen LogP) is -1.15. The first-order valence-corrected chi connectivity index (χ1v) is 12.2. The molecule has 6 fully saturated rings. The molecule has 9 heteroatoms. The minimum absolute atomic E-state index is 0.00206. The number of nitrogens with zero attached hydrogens (tertiary/aromatic N) is 1. The minimum Gasteiger partial charge on any atom is -0.390 e. The molecule has 1 spiro atoms. The maximum Gasteiger partial charge on any atom is 0.120 e. The van der Waals surface area contributed by atoms with Crippen LogP contribution in [0.2, 0.25) is 0 Å². The standard InChI is InChI=1S/C24H39NO8/c1-25-9-21(10-30-2)7-6-12(31-3)23-11-8-22(28)18(26)13(11)24(29,19(27)20(22)33-5)14(17(23)25)15(32-4)16(21)23/h11-20,26-29H,6-10H2,1-5H3/t11-,12+,13-,14+,15+,16-,17-,18-,19+,20+,21+,22+,23+,24-/m1/s1. The zero-order chi connectivity index (χ0) is 23.7. The molecule has 1 aliphatic heterocycles. The number of methoxy groups -OCH3 is 4. The van der Waals surface area contributed by atoms with Crippen molar-refractivity contribution in [1.82, 2.24) is 4.90 Å². The van der Waals surface area contributed by atoms with E-state index < -0.39 is 46.8 Å². The summed E-state index contributed by atoms with van der Waals surface area (Å²) in [5.41, 5.74) is -3.98. The zero-order valence-corrected chi connectivity index (χ0v) is 20.2. The van der Waals surface area contributed by atoms with Crippen molar-refractivity contribution >= 4 is 0 Å². The molecule has 33 heavy (non-hydrogen) atoms. The summed E-state index contributed by atoms with van der Waals surface area (Å²) in [5, 5.41) is 47.3. The second-order valence-electron chi connectivity index (χ2n) is 11.9. The average Bonchev–Trinajstić information content (AvgIpc) is 3.16. The second kappa shape index (κ2) is 6.89. The maximum atomic E-state index is 12.5. The Morgan fingerprint density at radius 2 is 1.70 bits per heavy atom. The molecule has 0 unspecified atom stereocenters. The van der Waals surface area contributed by atoms with Crippen LogP contribution in [0.4, 0.5) is 0 Å². The Morgan fingerprint density at radius 1 is 0.970 bits per heavy atom. The molecule has 188 valence electrons. The molecule has 4 N–H and O–H groups in total. The van der Waals surface area contributed by atoms with Gasteiger partial charge >= 0.3 is 0 Å². The van der Waals surface area contributed by atoms with Crippen LogP contribution in [-0.2, 0) is 18.9 Å². The molecule has 0 radical (unpaired) electrons. The Bertz CT molecular complexity index is 830. The van der Waals surface area contributed by atoms with Crippen LogP contribution < -0.4 is 0 Å². The second-order valence-corrected chi connectivity index (χ2v) is 11.9. The third-order valence-corrected chi connectivity index (χ3v) is 11.3. The van der Waals surface area contributed by atoms with Gasteiger partial charge in [0, 0.05) is 69.6 Å². The summed E-state index contributed by atoms with van der Waals surface area (Å²) in [6, 6.07) is -0.131. The summed E-state index contributed by atoms with van der Waals surface area (Å²) in [7, 11) is 8.66. The highest BCUT2D eigenvalue weighted by atomic mass is 16.5. The van der Waals surface area contributed by atoms with E-state index in [2.05, 4.69) is 11.9 Å². The van der Waals surface area contributed by atoms with Crippen molar-refractivity contribution in [2.45, 2.75) is 67.0 Å². The number of likely N-dealkylation sites (tertiary alicyclic amines) is 1. The number of hydrogen-bond acceptors (Lipinski definition) is 9. The van der Waals surface area contributed by atoms with E-state index >= 15 is 0 Å². The van der Waals surface area contributed by atoms with Crippen LogP contribution in [0, 0.1) is 34.5 Å². The van der Waals surface area contributed by atoms with E-state index in [4.69, 9.17) is 18.9 Å². The summed E-state index contributed by atoms with van der Waals surface area (Å²) in [4.78, 5) is 2.31. The Hall–Kier alpha value is -0.360. The van der Waals surface area contributed by atoms with E-state index in [1.807, 2.05) is 0 Å². The Morgan fingerprint density at radius 3 is 2.30 bits per heavy atom. The molecule has 5 aliphatic carbocycles. The molecule has 6 aliphatic rings. The Labute approximate surface area is 194 Å². The van der Waals surface area contributed by atoms with E-state index in [0.717, 1.165) is 19.4 Å². The molecule has 6 rings (SSSR count). The number of aliphatic hydroxyl groups excluding tert-OH is 2. The Balaban J connectivity index is 1.66. The third-order valence-electron chi connectivity index (χ3n) is 11.3. The molecule has 14 atom stereocenters. The topological polar surface area (TPSA) is 121 Å². The molecule has 1 heterocycles. The smallest absolute Gasteiger partial charge is 0.120 e. The first-order chi connectivity index (χ1) is 15.6. The monoisotopic (exact) mass is 469 g/mol. The summed E-state index contributed by atoms with van der Waals surface area (Å²) in [6.45, 7) is 1.36. The lowest BCUT2D eigenvalue weighted by molar-refractivity contribution is -0.314. The van der Waals surface area contributed by atoms with Crippen molar-refractivity contribution in [3.05, 3.63) is 0 Å². The van der Waals surface area contributed by atoms with Crippen LogP contribution in [0.5, 0.6) is 0 Å². The number of rotatable bonds is 5. The molecule has 1 saturated heterocycles. The fraction of sp³-hybridized carbons (Fsp3) is 1.00. The van der Waals surface area contributed by atoms with Crippen LogP contribution in [0.3, 0.4) is 0 Å². The first kappa shape index (κ1) is 23.1. The molecule has 5 saturated carbocycles. The number of hydrogen-bond donors (Lipinski definition) is 4. The van der Waals surface area contributed by atoms with Crippen molar-refractivity contribution in [1.29, 1.82) is 0 Å². The van der Waals surface area contributed by atoms with Gasteiger partial charge in [-0.1, -0.05) is 0 Å². The number of fused-ring (bicyclic) bond motifs is 2. The van der Waals surface area contributed by atoms with Gasteiger partial charge in [-0.2, -0.15) is 0 Å². The van der Waals surface area contributed by atoms with Gasteiger partial charge < -0.3 is 44.3 Å². The van der Waals surface area contributed by atoms with Crippen LogP contribution in [-0.4, -0.2) is 122 Å². The number of ether oxygens (including phenoxy) is 4. The van der Waals surface area contributed by atoms with Crippen molar-refractivity contribution in [2.75, 3.05) is 48.6 Å². The highest BCUT2D eigenvalue weighted by molar-refractivity contribution is 5.39. The fourth-order valence-corrected chi connectivity index (χ4v) is 10.9. The van der Waals surface area contributed by atoms with Gasteiger partial charge in [0.05, 0.1) is 24.9 Å². The van der Waals surface area contributed by atoms with Gasteiger partial charge in [0.1, 0.15) is 23.4 Å². The predicted molar refractivity (Wildman–Crippen MR) is 115 cm³/mol. The molecular weight excluding hydrogens is 430 g/mol. The van der Waals surface area contributed by atoms with Crippen molar-refractivity contribution in [2.24, 2.45) is 34.5 Å². The van der Waals surface area contributed by atoms with Crippen LogP contribution in [0.15, 0.2) is 0 Å². The highest BCUT2D eigenvalue weighted by Gasteiger charge is 2.89. The normalized spacial score (nSPS) is 63.2. The molecule has 0 aromatic carbocycles. The summed E-state index contributed by atoms with van der Waals surface area (Å²) in [6.07, 6.45) is -2.14. The number of aliphatic hydroxyl groups is 4. The molecule has 0 aromatic heterocycles. The van der Waals surface area contributed by atoms with Crippen molar-refractivity contribution < 1.29 is 39.4 Å². The lowest BCUT2D eigenvalue weighted by Gasteiger charge is -2.69. The highest BCUT2D eigenvalue weighted by Crippen LogP contribution is 2.79. The van der Waals surface area contributed by atoms with Gasteiger partial charge in [-0.3, -0.25) is 0 Å². The van der Waals surface area contributed by atoms with Gasteiger partial charge in [-0.25, -0.2) is 0 Å². The van der Waals surface area contributed by atoms with Crippen molar-refractivity contribution in [3.63, 3.8) is 0 Å². The third kappa shape index (κ3) is 2.15. The van der Waals surface area contributed by atoms with Gasteiger partial charge in [0.25, 0.3) is 0 Å². The van der Waals surface area contributed by atoms with Gasteiger partial charge in [-0.15, -0.1) is 0 Å². The molecular formula is C24H39NO8. The molecule has 7 bridgehead atoms. The fourth-order valence-electron chi connectivity index (χ4n) is 10.9. The molecule has 0 amide bonds. The van der Waals surface area contributed by atoms with E-state index in [1.54, 1.807) is 21.3 Å². The van der Waals surface area contributed by atoms with Gasteiger partial charge in [-0.05, 0) is 32.2 Å². The first-order valence-electron chi connectivity index (χ1n) is 12.2. The van der Waals surface area contributed by atoms with Crippen LogP contribution >= 0.6 is 0 Å². The van der Waals surface area contributed by atoms with Gasteiger partial charge in [0.15, 0.2) is 0 Å². The largest absolute Gasteiger partial charge is 0.390 e. The van der Waals surface area contributed by atoms with Gasteiger partial charge in [0.2, 0.25) is 0 Å². The summed E-state index contributed by atoms with van der Waals surface area (Å²) >= 11 is 0. The quantitative estimate of drug-likeness (QED) is 0.396. The average molecular weight is 470 g/mol. The lowest BCUT2D eigenvalue weighted by atomic mass is 9.43. The maximum absolute atomic E-state index is 12.5. The number of piperidine rings is 1. The summed E-state index contributed by atoms with van der Waals surface area (Å²) < 4.78 is 23.9. The minimum atomic E-state index is -1.67.